The number of hydrogen-bond donors (Lipinski definition) is 2. The predicted molar refractivity (Wildman–Crippen MR) is 111 cm³/mol. The molecule has 0 radical (unpaired) electrons. The van der Waals surface area contributed by atoms with Crippen LogP contribution in [0.2, 0.25) is 0 Å². The van der Waals surface area contributed by atoms with Crippen LogP contribution in [0.15, 0.2) is 53.1 Å². The second kappa shape index (κ2) is 8.77. The molecule has 9 heteroatoms. The van der Waals surface area contributed by atoms with E-state index in [4.69, 9.17) is 0 Å². The Hall–Kier alpha value is -2.68. The van der Waals surface area contributed by atoms with Gasteiger partial charge in [0, 0.05) is 28.5 Å². The third kappa shape index (κ3) is 5.44. The fourth-order valence-corrected chi connectivity index (χ4v) is 2.98. The number of aromatic nitrogens is 3. The van der Waals surface area contributed by atoms with Crippen LogP contribution in [0.25, 0.3) is 11.4 Å². The molecule has 0 aliphatic rings. The van der Waals surface area contributed by atoms with Gasteiger partial charge in [0.15, 0.2) is 0 Å². The molecule has 2 heterocycles. The van der Waals surface area contributed by atoms with Gasteiger partial charge in [-0.05, 0) is 43.7 Å². The number of hydrogen-bond acceptors (Lipinski definition) is 5. The van der Waals surface area contributed by atoms with Crippen molar-refractivity contribution in [1.29, 1.82) is 0 Å². The molecule has 3 aromatic rings. The lowest BCUT2D eigenvalue weighted by Gasteiger charge is -2.15. The minimum absolute atomic E-state index is 0.0217. The molecule has 0 bridgehead atoms. The molecule has 0 aliphatic carbocycles. The lowest BCUT2D eigenvalue weighted by Crippen LogP contribution is -2.16. The average molecular weight is 466 g/mol. The molecule has 5 nitrogen and oxygen atoms in total. The highest BCUT2D eigenvalue weighted by atomic mass is 79.9. The van der Waals surface area contributed by atoms with Crippen LogP contribution in [0.3, 0.4) is 0 Å². The zero-order valence-electron chi connectivity index (χ0n) is 15.8. The highest BCUT2D eigenvalue weighted by molar-refractivity contribution is 9.10. The molecule has 0 aliphatic heterocycles. The predicted octanol–water partition coefficient (Wildman–Crippen LogP) is 6.27. The van der Waals surface area contributed by atoms with Crippen molar-refractivity contribution in [1.82, 2.24) is 15.0 Å². The SMILES string of the molecule is CC[C@H](C)Nc1nc(Nc2ccc(Br)c(C(F)(F)F)c2)cc(-c2ccccn2)n1. The summed E-state index contributed by atoms with van der Waals surface area (Å²) < 4.78 is 39.6. The van der Waals surface area contributed by atoms with Crippen LogP contribution in [-0.2, 0) is 6.18 Å². The molecule has 0 fully saturated rings. The summed E-state index contributed by atoms with van der Waals surface area (Å²) in [5.41, 5.74) is 0.694. The van der Waals surface area contributed by atoms with E-state index in [1.54, 1.807) is 30.5 Å². The molecule has 29 heavy (non-hydrogen) atoms. The van der Waals surface area contributed by atoms with Gasteiger partial charge in [-0.1, -0.05) is 28.9 Å². The zero-order chi connectivity index (χ0) is 21.0. The van der Waals surface area contributed by atoms with Gasteiger partial charge in [0.05, 0.1) is 17.0 Å². The van der Waals surface area contributed by atoms with Crippen LogP contribution in [0.4, 0.5) is 30.6 Å². The van der Waals surface area contributed by atoms with E-state index in [2.05, 4.69) is 41.5 Å². The molecule has 2 N–H and O–H groups in total. The topological polar surface area (TPSA) is 62.7 Å². The largest absolute Gasteiger partial charge is 0.417 e. The second-order valence-corrected chi connectivity index (χ2v) is 7.30. The van der Waals surface area contributed by atoms with Crippen molar-refractivity contribution >= 4 is 33.4 Å². The zero-order valence-corrected chi connectivity index (χ0v) is 17.3. The van der Waals surface area contributed by atoms with Crippen LogP contribution < -0.4 is 10.6 Å². The van der Waals surface area contributed by atoms with Gasteiger partial charge in [0.1, 0.15) is 5.82 Å². The standard InChI is InChI=1S/C20H19BrF3N5/c1-3-12(2)26-19-28-17(16-6-4-5-9-25-16)11-18(29-19)27-13-7-8-15(21)14(10-13)20(22,23)24/h4-12H,3H2,1-2H3,(H2,26,27,28,29)/t12-/m0/s1. The summed E-state index contributed by atoms with van der Waals surface area (Å²) in [4.78, 5) is 13.2. The van der Waals surface area contributed by atoms with Crippen molar-refractivity contribution in [2.45, 2.75) is 32.5 Å². The molecule has 0 unspecified atom stereocenters. The van der Waals surface area contributed by atoms with Crippen LogP contribution in [0, 0.1) is 0 Å². The molecule has 1 atom stereocenters. The average Bonchev–Trinajstić information content (AvgIpc) is 2.69. The van der Waals surface area contributed by atoms with Crippen molar-refractivity contribution in [2.75, 3.05) is 10.6 Å². The molecule has 0 saturated carbocycles. The molecule has 1 aromatic carbocycles. The number of pyridine rings is 1. The van der Waals surface area contributed by atoms with E-state index in [-0.39, 0.29) is 16.2 Å². The first-order chi connectivity index (χ1) is 13.8. The first-order valence-electron chi connectivity index (χ1n) is 8.97. The highest BCUT2D eigenvalue weighted by Crippen LogP contribution is 2.37. The summed E-state index contributed by atoms with van der Waals surface area (Å²) in [7, 11) is 0. The van der Waals surface area contributed by atoms with Gasteiger partial charge in [0.25, 0.3) is 0 Å². The number of benzene rings is 1. The van der Waals surface area contributed by atoms with E-state index in [0.717, 1.165) is 12.5 Å². The number of nitrogens with one attached hydrogen (secondary N) is 2. The second-order valence-electron chi connectivity index (χ2n) is 6.45. The smallest absolute Gasteiger partial charge is 0.352 e. The Morgan fingerprint density at radius 2 is 1.86 bits per heavy atom. The van der Waals surface area contributed by atoms with Gasteiger partial charge in [-0.15, -0.1) is 0 Å². The molecular weight excluding hydrogens is 447 g/mol. The van der Waals surface area contributed by atoms with Crippen molar-refractivity contribution in [3.63, 3.8) is 0 Å². The van der Waals surface area contributed by atoms with Crippen molar-refractivity contribution in [2.24, 2.45) is 0 Å². The quantitative estimate of drug-likeness (QED) is 0.448. The van der Waals surface area contributed by atoms with Crippen molar-refractivity contribution in [3.05, 3.63) is 58.7 Å². The molecular formula is C20H19BrF3N5. The first kappa shape index (κ1) is 21.0. The molecule has 3 rings (SSSR count). The first-order valence-corrected chi connectivity index (χ1v) is 9.76. The number of rotatable bonds is 6. The summed E-state index contributed by atoms with van der Waals surface area (Å²) in [5.74, 6) is 0.736. The van der Waals surface area contributed by atoms with E-state index < -0.39 is 11.7 Å². The van der Waals surface area contributed by atoms with Gasteiger partial charge in [0.2, 0.25) is 5.95 Å². The van der Waals surface area contributed by atoms with Gasteiger partial charge in [-0.2, -0.15) is 18.2 Å². The number of anilines is 3. The minimum Gasteiger partial charge on any atom is -0.352 e. The third-order valence-corrected chi connectivity index (χ3v) is 4.88. The minimum atomic E-state index is -4.47. The molecule has 0 saturated heterocycles. The van der Waals surface area contributed by atoms with E-state index in [0.29, 0.717) is 23.2 Å². The summed E-state index contributed by atoms with van der Waals surface area (Å²) in [5, 5.41) is 6.14. The Bertz CT molecular complexity index is 980. The summed E-state index contributed by atoms with van der Waals surface area (Å²) in [6, 6.07) is 11.2. The Kier molecular flexibility index (Phi) is 6.36. The molecule has 0 amide bonds. The maximum atomic E-state index is 13.2. The molecule has 2 aromatic heterocycles. The molecule has 152 valence electrons. The van der Waals surface area contributed by atoms with Gasteiger partial charge >= 0.3 is 6.18 Å². The van der Waals surface area contributed by atoms with Crippen molar-refractivity contribution in [3.8, 4) is 11.4 Å². The fraction of sp³-hybridized carbons (Fsp3) is 0.250. The highest BCUT2D eigenvalue weighted by Gasteiger charge is 2.33. The fourth-order valence-electron chi connectivity index (χ4n) is 2.51. The Morgan fingerprint density at radius 3 is 2.52 bits per heavy atom. The maximum absolute atomic E-state index is 13.2. The Morgan fingerprint density at radius 1 is 1.07 bits per heavy atom. The normalized spacial score (nSPS) is 12.5. The van der Waals surface area contributed by atoms with E-state index >= 15 is 0 Å². The van der Waals surface area contributed by atoms with Gasteiger partial charge in [-0.25, -0.2) is 4.98 Å². The van der Waals surface area contributed by atoms with Gasteiger partial charge in [-0.3, -0.25) is 4.98 Å². The van der Waals surface area contributed by atoms with E-state index in [1.165, 1.54) is 6.07 Å². The molecule has 0 spiro atoms. The number of alkyl halides is 3. The van der Waals surface area contributed by atoms with Crippen LogP contribution in [-0.4, -0.2) is 21.0 Å². The number of nitrogens with zero attached hydrogens (tertiary/aromatic N) is 3. The summed E-state index contributed by atoms with van der Waals surface area (Å²) in [6.45, 7) is 4.02. The number of halogens is 4. The van der Waals surface area contributed by atoms with E-state index in [1.807, 2.05) is 19.9 Å². The van der Waals surface area contributed by atoms with Crippen LogP contribution in [0.1, 0.15) is 25.8 Å². The van der Waals surface area contributed by atoms with Crippen LogP contribution in [0.5, 0.6) is 0 Å². The Labute approximate surface area is 174 Å². The lowest BCUT2D eigenvalue weighted by atomic mass is 10.2. The van der Waals surface area contributed by atoms with Gasteiger partial charge < -0.3 is 10.6 Å². The third-order valence-electron chi connectivity index (χ3n) is 4.19. The van der Waals surface area contributed by atoms with Crippen molar-refractivity contribution < 1.29 is 13.2 Å². The van der Waals surface area contributed by atoms with Crippen LogP contribution >= 0.6 is 15.9 Å². The summed E-state index contributed by atoms with van der Waals surface area (Å²) >= 11 is 2.95. The Balaban J connectivity index is 1.99. The maximum Gasteiger partial charge on any atom is 0.417 e. The lowest BCUT2D eigenvalue weighted by molar-refractivity contribution is -0.138. The van der Waals surface area contributed by atoms with E-state index in [9.17, 15) is 13.2 Å². The summed E-state index contributed by atoms with van der Waals surface area (Å²) in [6.07, 6.45) is -1.96. The monoisotopic (exact) mass is 465 g/mol.